The summed E-state index contributed by atoms with van der Waals surface area (Å²) in [4.78, 5) is 27.9. The molecule has 2 heterocycles. The Balaban J connectivity index is 0.00000204. The molecule has 3 N–H and O–H groups in total. The van der Waals surface area contributed by atoms with E-state index in [1.54, 1.807) is 11.8 Å². The average molecular weight is 509 g/mol. The van der Waals surface area contributed by atoms with Crippen LogP contribution in [0.2, 0.25) is 0 Å². The van der Waals surface area contributed by atoms with Gasteiger partial charge in [0, 0.05) is 38.3 Å². The smallest absolute Gasteiger partial charge is 0.405 e. The van der Waals surface area contributed by atoms with E-state index in [2.05, 4.69) is 39.8 Å². The van der Waals surface area contributed by atoms with Crippen LogP contribution in [-0.2, 0) is 11.3 Å². The average Bonchev–Trinajstić information content (AvgIpc) is 3.02. The van der Waals surface area contributed by atoms with Crippen LogP contribution in [-0.4, -0.2) is 54.2 Å². The molecular formula is C25H34Cl2N4O3. The van der Waals surface area contributed by atoms with E-state index in [1.807, 2.05) is 25.1 Å². The topological polar surface area (TPSA) is 84.9 Å². The molecule has 0 unspecified atom stereocenters. The molecular weight excluding hydrogens is 475 g/mol. The molecule has 0 radical (unpaired) electrons. The number of halogens is 2. The third-order valence-corrected chi connectivity index (χ3v) is 6.44. The summed E-state index contributed by atoms with van der Waals surface area (Å²) in [6.07, 6.45) is 0.670. The minimum Gasteiger partial charge on any atom is -0.465 e. The molecule has 1 fully saturated rings. The number of carbonyl (C=O) groups is 2. The van der Waals surface area contributed by atoms with E-state index in [4.69, 9.17) is 0 Å². The van der Waals surface area contributed by atoms with Crippen LogP contribution in [0.3, 0.4) is 0 Å². The number of fused-ring (bicyclic) bond motifs is 1. The van der Waals surface area contributed by atoms with Crippen molar-refractivity contribution in [1.29, 1.82) is 0 Å². The summed E-state index contributed by atoms with van der Waals surface area (Å²) in [6.45, 7) is 8.76. The van der Waals surface area contributed by atoms with Crippen LogP contribution < -0.4 is 15.5 Å². The van der Waals surface area contributed by atoms with Crippen molar-refractivity contribution >= 4 is 42.5 Å². The Labute approximate surface area is 213 Å². The molecule has 0 bridgehead atoms. The summed E-state index contributed by atoms with van der Waals surface area (Å²) in [6, 6.07) is 14.2. The zero-order valence-corrected chi connectivity index (χ0v) is 21.3. The molecule has 9 heteroatoms. The molecule has 0 saturated carbocycles. The summed E-state index contributed by atoms with van der Waals surface area (Å²) in [7, 11) is 0. The molecule has 2 amide bonds. The minimum atomic E-state index is -1.05. The fraction of sp³-hybridized carbons (Fsp3) is 0.440. The van der Waals surface area contributed by atoms with Crippen molar-refractivity contribution in [2.75, 3.05) is 31.1 Å². The van der Waals surface area contributed by atoms with Gasteiger partial charge in [0.05, 0.1) is 6.04 Å². The third-order valence-electron chi connectivity index (χ3n) is 6.44. The summed E-state index contributed by atoms with van der Waals surface area (Å²) in [5.41, 5.74) is 5.01. The second-order valence-electron chi connectivity index (χ2n) is 8.83. The van der Waals surface area contributed by atoms with E-state index in [1.165, 1.54) is 12.0 Å². The zero-order chi connectivity index (χ0) is 22.7. The molecule has 2 aliphatic heterocycles. The van der Waals surface area contributed by atoms with E-state index in [0.717, 1.165) is 55.1 Å². The SMILES string of the molecule is CC(=O)N1c2ccc(-c3ccc(CN4CCCNCC4)cc3)cc2[C@@H](NC(=O)O)C[C@H]1C.Cl.Cl. The Morgan fingerprint density at radius 2 is 1.76 bits per heavy atom. The Morgan fingerprint density at radius 1 is 1.06 bits per heavy atom. The number of nitrogens with zero attached hydrogens (tertiary/aromatic N) is 2. The van der Waals surface area contributed by atoms with Gasteiger partial charge in [0.15, 0.2) is 0 Å². The second-order valence-corrected chi connectivity index (χ2v) is 8.83. The molecule has 2 aromatic carbocycles. The van der Waals surface area contributed by atoms with Gasteiger partial charge in [0.2, 0.25) is 5.91 Å². The fourth-order valence-corrected chi connectivity index (χ4v) is 4.93. The Kier molecular flexibility index (Phi) is 10.2. The monoisotopic (exact) mass is 508 g/mol. The zero-order valence-electron chi connectivity index (χ0n) is 19.6. The highest BCUT2D eigenvalue weighted by Gasteiger charge is 2.33. The van der Waals surface area contributed by atoms with Crippen LogP contribution in [0.1, 0.15) is 43.9 Å². The third kappa shape index (κ3) is 6.42. The number of hydrogen-bond acceptors (Lipinski definition) is 4. The molecule has 0 aromatic heterocycles. The van der Waals surface area contributed by atoms with Crippen molar-refractivity contribution in [3.05, 3.63) is 53.6 Å². The van der Waals surface area contributed by atoms with Gasteiger partial charge in [0.25, 0.3) is 0 Å². The van der Waals surface area contributed by atoms with Crippen LogP contribution in [0.5, 0.6) is 0 Å². The largest absolute Gasteiger partial charge is 0.465 e. The molecule has 4 rings (SSSR count). The molecule has 2 atom stereocenters. The highest BCUT2D eigenvalue weighted by atomic mass is 35.5. The summed E-state index contributed by atoms with van der Waals surface area (Å²) >= 11 is 0. The summed E-state index contributed by atoms with van der Waals surface area (Å²) in [5, 5.41) is 15.4. The van der Waals surface area contributed by atoms with Crippen molar-refractivity contribution in [2.45, 2.75) is 45.3 Å². The van der Waals surface area contributed by atoms with E-state index in [-0.39, 0.29) is 42.8 Å². The number of rotatable bonds is 4. The molecule has 2 aromatic rings. The highest BCUT2D eigenvalue weighted by Crippen LogP contribution is 2.39. The van der Waals surface area contributed by atoms with E-state index >= 15 is 0 Å². The van der Waals surface area contributed by atoms with Crippen molar-refractivity contribution < 1.29 is 14.7 Å². The Bertz CT molecular complexity index is 979. The van der Waals surface area contributed by atoms with Gasteiger partial charge in [-0.15, -0.1) is 24.8 Å². The molecule has 0 aliphatic carbocycles. The van der Waals surface area contributed by atoms with Crippen molar-refractivity contribution in [2.24, 2.45) is 0 Å². The van der Waals surface area contributed by atoms with Crippen LogP contribution in [0.4, 0.5) is 10.5 Å². The predicted molar refractivity (Wildman–Crippen MR) is 140 cm³/mol. The van der Waals surface area contributed by atoms with Gasteiger partial charge in [-0.1, -0.05) is 30.3 Å². The first-order chi connectivity index (χ1) is 15.4. The molecule has 1 saturated heterocycles. The first-order valence-electron chi connectivity index (χ1n) is 11.4. The first kappa shape index (κ1) is 27.9. The van der Waals surface area contributed by atoms with Crippen LogP contribution >= 0.6 is 24.8 Å². The number of anilines is 1. The number of hydrogen-bond donors (Lipinski definition) is 3. The van der Waals surface area contributed by atoms with E-state index in [9.17, 15) is 14.7 Å². The van der Waals surface area contributed by atoms with Gasteiger partial charge < -0.3 is 20.6 Å². The lowest BCUT2D eigenvalue weighted by atomic mass is 9.89. The van der Waals surface area contributed by atoms with Crippen LogP contribution in [0.25, 0.3) is 11.1 Å². The lowest BCUT2D eigenvalue weighted by Gasteiger charge is -2.39. The lowest BCUT2D eigenvalue weighted by molar-refractivity contribution is -0.117. The molecule has 7 nitrogen and oxygen atoms in total. The first-order valence-corrected chi connectivity index (χ1v) is 11.4. The standard InChI is InChI=1S/C25H32N4O3.2ClH/c1-17-14-23(27-25(31)32)22-15-21(8-9-24(22)29(17)18(2)30)20-6-4-19(5-7-20)16-28-12-3-10-26-11-13-28;;/h4-9,15,17,23,26-27H,3,10-14,16H2,1-2H3,(H,31,32);2*1H/t17-,23+;;/m1../s1. The van der Waals surface area contributed by atoms with E-state index in [0.29, 0.717) is 6.42 Å². The molecule has 2 aliphatic rings. The number of carboxylic acid groups (broad SMARTS) is 1. The molecule has 186 valence electrons. The molecule has 34 heavy (non-hydrogen) atoms. The van der Waals surface area contributed by atoms with Gasteiger partial charge >= 0.3 is 6.09 Å². The van der Waals surface area contributed by atoms with Gasteiger partial charge in [-0.3, -0.25) is 9.69 Å². The summed E-state index contributed by atoms with van der Waals surface area (Å²) in [5.74, 6) is -0.0339. The maximum Gasteiger partial charge on any atom is 0.405 e. The Morgan fingerprint density at radius 3 is 2.44 bits per heavy atom. The number of amides is 2. The van der Waals surface area contributed by atoms with Gasteiger partial charge in [-0.05, 0) is 67.2 Å². The van der Waals surface area contributed by atoms with Gasteiger partial charge in [0.1, 0.15) is 0 Å². The summed E-state index contributed by atoms with van der Waals surface area (Å²) < 4.78 is 0. The maximum absolute atomic E-state index is 12.3. The normalized spacial score (nSPS) is 20.2. The highest BCUT2D eigenvalue weighted by molar-refractivity contribution is 5.94. The fourth-order valence-electron chi connectivity index (χ4n) is 4.93. The predicted octanol–water partition coefficient (Wildman–Crippen LogP) is 4.45. The minimum absolute atomic E-state index is 0. The molecule has 0 spiro atoms. The van der Waals surface area contributed by atoms with Crippen molar-refractivity contribution in [3.8, 4) is 11.1 Å². The van der Waals surface area contributed by atoms with Gasteiger partial charge in [-0.2, -0.15) is 0 Å². The Hall–Kier alpha value is -2.32. The number of benzene rings is 2. The van der Waals surface area contributed by atoms with Crippen molar-refractivity contribution in [1.82, 2.24) is 15.5 Å². The van der Waals surface area contributed by atoms with Crippen LogP contribution in [0.15, 0.2) is 42.5 Å². The second kappa shape index (κ2) is 12.4. The van der Waals surface area contributed by atoms with E-state index < -0.39 is 6.09 Å². The number of carbonyl (C=O) groups excluding carboxylic acids is 1. The number of nitrogens with one attached hydrogen (secondary N) is 2. The van der Waals surface area contributed by atoms with Gasteiger partial charge in [-0.25, -0.2) is 4.79 Å². The quantitative estimate of drug-likeness (QED) is 0.568. The maximum atomic E-state index is 12.3. The lowest BCUT2D eigenvalue weighted by Crippen LogP contribution is -2.45. The van der Waals surface area contributed by atoms with Crippen molar-refractivity contribution in [3.63, 3.8) is 0 Å². The van der Waals surface area contributed by atoms with Crippen LogP contribution in [0, 0.1) is 0 Å².